The number of carbonyl (C=O) groups excluding carboxylic acids is 1. The lowest BCUT2D eigenvalue weighted by molar-refractivity contribution is -0.154. The number of amides is 1. The molecule has 1 aromatic rings. The molecule has 154 valence electrons. The molecule has 1 saturated carbocycles. The molecule has 0 aliphatic heterocycles. The van der Waals surface area contributed by atoms with Crippen LogP contribution < -0.4 is 14.8 Å². The average Bonchev–Trinajstić information content (AvgIpc) is 2.63. The molecule has 3 unspecified atom stereocenters. The quantitative estimate of drug-likeness (QED) is 0.465. The van der Waals surface area contributed by atoms with Crippen molar-refractivity contribution in [2.75, 3.05) is 13.6 Å². The molecule has 2 N–H and O–H groups in total. The van der Waals surface area contributed by atoms with Gasteiger partial charge in [-0.15, -0.1) is 0 Å². The second-order valence-corrected chi connectivity index (χ2v) is 6.70. The monoisotopic (exact) mass is 393 g/mol. The number of hydrogen-bond acceptors (Lipinski definition) is 6. The van der Waals surface area contributed by atoms with E-state index in [-0.39, 0.29) is 25.5 Å². The summed E-state index contributed by atoms with van der Waals surface area (Å²) < 4.78 is 21.7. The molecule has 2 rings (SSSR count). The highest BCUT2D eigenvalue weighted by atomic mass is 16.7. The van der Waals surface area contributed by atoms with Crippen LogP contribution in [0.3, 0.4) is 0 Å². The number of aliphatic carboxylic acids is 1. The number of carbonyl (C=O) groups is 2. The fourth-order valence-electron chi connectivity index (χ4n) is 3.04. The summed E-state index contributed by atoms with van der Waals surface area (Å²) in [7, 11) is 0. The van der Waals surface area contributed by atoms with E-state index < -0.39 is 18.0 Å². The van der Waals surface area contributed by atoms with Gasteiger partial charge < -0.3 is 29.4 Å². The number of carboxylic acids is 1. The molecule has 8 nitrogen and oxygen atoms in total. The van der Waals surface area contributed by atoms with Crippen LogP contribution in [-0.4, -0.2) is 42.7 Å². The van der Waals surface area contributed by atoms with Crippen molar-refractivity contribution in [3.63, 3.8) is 0 Å². The van der Waals surface area contributed by atoms with Crippen LogP contribution in [0.4, 0.5) is 0 Å². The van der Waals surface area contributed by atoms with Gasteiger partial charge in [0.15, 0.2) is 6.79 Å². The minimum atomic E-state index is -0.932. The first-order valence-electron chi connectivity index (χ1n) is 9.10. The second-order valence-electron chi connectivity index (χ2n) is 6.70. The molecule has 3 atom stereocenters. The third-order valence-electron chi connectivity index (χ3n) is 4.37. The summed E-state index contributed by atoms with van der Waals surface area (Å²) in [5.41, 5.74) is 0. The Labute approximate surface area is 164 Å². The zero-order chi connectivity index (χ0) is 20.5. The number of ether oxygens (including phenoxy) is 4. The lowest BCUT2D eigenvalue weighted by atomic mass is 9.83. The summed E-state index contributed by atoms with van der Waals surface area (Å²) >= 11 is 0. The van der Waals surface area contributed by atoms with Crippen LogP contribution in [0.5, 0.6) is 11.5 Å². The van der Waals surface area contributed by atoms with E-state index in [0.29, 0.717) is 36.5 Å². The van der Waals surface area contributed by atoms with E-state index in [2.05, 4.69) is 11.9 Å². The normalized spacial score (nSPS) is 21.4. The summed E-state index contributed by atoms with van der Waals surface area (Å²) in [5.74, 6) is -0.00103. The highest BCUT2D eigenvalue weighted by molar-refractivity contribution is 5.74. The van der Waals surface area contributed by atoms with Gasteiger partial charge in [0.25, 0.3) is 0 Å². The van der Waals surface area contributed by atoms with Gasteiger partial charge in [-0.05, 0) is 50.5 Å². The number of allylic oxidation sites excluding steroid dienone is 1. The van der Waals surface area contributed by atoms with Gasteiger partial charge in [-0.25, -0.2) is 0 Å². The van der Waals surface area contributed by atoms with Gasteiger partial charge in [0.2, 0.25) is 12.7 Å². The smallest absolute Gasteiger partial charge is 0.309 e. The van der Waals surface area contributed by atoms with Gasteiger partial charge in [-0.3, -0.25) is 9.59 Å². The molecule has 0 heterocycles. The van der Waals surface area contributed by atoms with Crippen molar-refractivity contribution in [3.05, 3.63) is 36.6 Å². The Morgan fingerprint density at radius 2 is 1.71 bits per heavy atom. The third-order valence-corrected chi connectivity index (χ3v) is 4.37. The lowest BCUT2D eigenvalue weighted by Crippen LogP contribution is -2.45. The summed E-state index contributed by atoms with van der Waals surface area (Å²) in [4.78, 5) is 22.7. The first kappa shape index (κ1) is 21.6. The Morgan fingerprint density at radius 1 is 1.11 bits per heavy atom. The van der Waals surface area contributed by atoms with Gasteiger partial charge >= 0.3 is 5.97 Å². The Balaban J connectivity index is 1.77. The maximum atomic E-state index is 11.5. The predicted molar refractivity (Wildman–Crippen MR) is 101 cm³/mol. The van der Waals surface area contributed by atoms with Crippen LogP contribution in [-0.2, 0) is 19.1 Å². The van der Waals surface area contributed by atoms with Crippen LogP contribution in [0.2, 0.25) is 0 Å². The Kier molecular flexibility index (Phi) is 8.13. The fourth-order valence-corrected chi connectivity index (χ4v) is 3.04. The molecule has 0 spiro atoms. The van der Waals surface area contributed by atoms with Crippen LogP contribution in [0.15, 0.2) is 36.6 Å². The van der Waals surface area contributed by atoms with E-state index in [1.165, 1.54) is 6.92 Å². The highest BCUT2D eigenvalue weighted by Crippen LogP contribution is 2.28. The maximum absolute atomic E-state index is 11.5. The fraction of sp³-hybridized carbons (Fsp3) is 0.500. The SMILES string of the molecule is C=C(C)OCOc1ccc(OCOC2CCC(NC(C)=O)CC2C(=O)O)cc1. The zero-order valence-corrected chi connectivity index (χ0v) is 16.2. The molecule has 0 saturated heterocycles. The van der Waals surface area contributed by atoms with Crippen LogP contribution in [0.1, 0.15) is 33.1 Å². The summed E-state index contributed by atoms with van der Waals surface area (Å²) in [5, 5.41) is 12.2. The molecule has 28 heavy (non-hydrogen) atoms. The third kappa shape index (κ3) is 7.11. The molecule has 8 heteroatoms. The minimum Gasteiger partial charge on any atom is -0.481 e. The Bertz CT molecular complexity index is 674. The van der Waals surface area contributed by atoms with Gasteiger partial charge in [0, 0.05) is 13.0 Å². The lowest BCUT2D eigenvalue weighted by Gasteiger charge is -2.33. The molecular weight excluding hydrogens is 366 g/mol. The average molecular weight is 393 g/mol. The highest BCUT2D eigenvalue weighted by Gasteiger charge is 2.36. The van der Waals surface area contributed by atoms with E-state index >= 15 is 0 Å². The molecular formula is C20H27NO7. The molecule has 0 radical (unpaired) electrons. The van der Waals surface area contributed by atoms with Crippen LogP contribution in [0, 0.1) is 5.92 Å². The number of hydrogen-bond donors (Lipinski definition) is 2. The van der Waals surface area contributed by atoms with E-state index in [9.17, 15) is 14.7 Å². The Hall–Kier alpha value is -2.74. The van der Waals surface area contributed by atoms with Crippen molar-refractivity contribution >= 4 is 11.9 Å². The van der Waals surface area contributed by atoms with Crippen molar-refractivity contribution in [2.45, 2.75) is 45.3 Å². The van der Waals surface area contributed by atoms with E-state index in [4.69, 9.17) is 18.9 Å². The summed E-state index contributed by atoms with van der Waals surface area (Å²) in [6, 6.07) is 6.77. The minimum absolute atomic E-state index is 0.0573. The second kappa shape index (κ2) is 10.6. The number of carboxylic acid groups (broad SMARTS) is 1. The number of rotatable bonds is 10. The topological polar surface area (TPSA) is 103 Å². The van der Waals surface area contributed by atoms with E-state index in [0.717, 1.165) is 0 Å². The maximum Gasteiger partial charge on any atom is 0.309 e. The van der Waals surface area contributed by atoms with Gasteiger partial charge in [0.1, 0.15) is 11.5 Å². The number of benzene rings is 1. The first-order chi connectivity index (χ1) is 13.3. The molecule has 0 aromatic heterocycles. The molecule has 1 amide bonds. The molecule has 1 fully saturated rings. The Morgan fingerprint density at radius 3 is 2.25 bits per heavy atom. The zero-order valence-electron chi connectivity index (χ0n) is 16.2. The molecule has 1 aliphatic carbocycles. The van der Waals surface area contributed by atoms with Crippen LogP contribution >= 0.6 is 0 Å². The van der Waals surface area contributed by atoms with Crippen molar-refractivity contribution in [3.8, 4) is 11.5 Å². The summed E-state index contributed by atoms with van der Waals surface area (Å²) in [6.07, 6.45) is 1.11. The standard InChI is InChI=1S/C20H27NO7/c1-13(2)25-11-26-16-5-7-17(8-6-16)27-12-28-19-9-4-15(21-14(3)22)10-18(19)20(23)24/h5-8,15,18-19H,1,4,9-12H2,2-3H3,(H,21,22)(H,23,24). The van der Waals surface area contributed by atoms with Crippen molar-refractivity contribution in [1.82, 2.24) is 5.32 Å². The van der Waals surface area contributed by atoms with Crippen molar-refractivity contribution in [2.24, 2.45) is 5.92 Å². The van der Waals surface area contributed by atoms with Crippen LogP contribution in [0.25, 0.3) is 0 Å². The van der Waals surface area contributed by atoms with Crippen molar-refractivity contribution in [1.29, 1.82) is 0 Å². The predicted octanol–water partition coefficient (Wildman–Crippen LogP) is 2.68. The van der Waals surface area contributed by atoms with Gasteiger partial charge in [0.05, 0.1) is 17.8 Å². The largest absolute Gasteiger partial charge is 0.481 e. The molecule has 1 aliphatic rings. The van der Waals surface area contributed by atoms with E-state index in [1.807, 2.05) is 0 Å². The first-order valence-corrected chi connectivity index (χ1v) is 9.10. The van der Waals surface area contributed by atoms with E-state index in [1.54, 1.807) is 31.2 Å². The van der Waals surface area contributed by atoms with Crippen molar-refractivity contribution < 1.29 is 33.6 Å². The molecule has 1 aromatic carbocycles. The molecule has 0 bridgehead atoms. The van der Waals surface area contributed by atoms with Gasteiger partial charge in [-0.1, -0.05) is 6.58 Å². The number of nitrogens with one attached hydrogen (secondary N) is 1. The van der Waals surface area contributed by atoms with Gasteiger partial charge in [-0.2, -0.15) is 0 Å². The summed E-state index contributed by atoms with van der Waals surface area (Å²) in [6.45, 7) is 6.80.